The van der Waals surface area contributed by atoms with Crippen LogP contribution in [0.5, 0.6) is 0 Å². The molecule has 0 radical (unpaired) electrons. The van der Waals surface area contributed by atoms with Gasteiger partial charge in [0, 0.05) is 23.4 Å². The van der Waals surface area contributed by atoms with Crippen molar-refractivity contribution in [3.8, 4) is 11.8 Å². The highest BCUT2D eigenvalue weighted by molar-refractivity contribution is 5.98. The first-order chi connectivity index (χ1) is 9.43. The number of rotatable bonds is 3. The van der Waals surface area contributed by atoms with E-state index in [4.69, 9.17) is 5.26 Å². The quantitative estimate of drug-likeness (QED) is 0.483. The van der Waals surface area contributed by atoms with Crippen LogP contribution in [0.1, 0.15) is 28.7 Å². The predicted molar refractivity (Wildman–Crippen MR) is 69.7 cm³/mol. The van der Waals surface area contributed by atoms with Crippen LogP contribution in [0.4, 0.5) is 5.69 Å². The van der Waals surface area contributed by atoms with Gasteiger partial charge in [-0.1, -0.05) is 0 Å². The Hall–Kier alpha value is -3.01. The van der Waals surface area contributed by atoms with E-state index in [1.165, 1.54) is 29.8 Å². The lowest BCUT2D eigenvalue weighted by Crippen LogP contribution is -2.07. The molecule has 0 saturated heterocycles. The van der Waals surface area contributed by atoms with Crippen molar-refractivity contribution in [2.75, 3.05) is 0 Å². The first-order valence-corrected chi connectivity index (χ1v) is 5.70. The number of nitro groups is 1. The molecule has 1 aromatic carbocycles. The van der Waals surface area contributed by atoms with Gasteiger partial charge in [-0.25, -0.2) is 4.68 Å². The lowest BCUT2D eigenvalue weighted by molar-refractivity contribution is -0.384. The Morgan fingerprint density at radius 2 is 2.15 bits per heavy atom. The molecule has 0 saturated carbocycles. The van der Waals surface area contributed by atoms with Crippen molar-refractivity contribution in [3.63, 3.8) is 0 Å². The molecular weight excluding hydrogens is 260 g/mol. The van der Waals surface area contributed by atoms with Crippen molar-refractivity contribution in [2.45, 2.75) is 13.8 Å². The lowest BCUT2D eigenvalue weighted by Gasteiger charge is -2.08. The highest BCUT2D eigenvalue weighted by Crippen LogP contribution is 2.23. The summed E-state index contributed by atoms with van der Waals surface area (Å²) in [6.07, 6.45) is 0. The molecule has 0 aliphatic rings. The third kappa shape index (κ3) is 2.27. The summed E-state index contributed by atoms with van der Waals surface area (Å²) in [4.78, 5) is 21.9. The van der Waals surface area contributed by atoms with E-state index in [2.05, 4.69) is 5.10 Å². The van der Waals surface area contributed by atoms with Gasteiger partial charge < -0.3 is 0 Å². The summed E-state index contributed by atoms with van der Waals surface area (Å²) in [5.41, 5.74) is 1.27. The summed E-state index contributed by atoms with van der Waals surface area (Å²) in [6, 6.07) is 7.37. The van der Waals surface area contributed by atoms with Crippen LogP contribution in [-0.4, -0.2) is 20.5 Å². The number of non-ortho nitro benzene ring substituents is 1. The second kappa shape index (κ2) is 4.93. The first kappa shape index (κ1) is 13.4. The van der Waals surface area contributed by atoms with Gasteiger partial charge >= 0.3 is 0 Å². The molecule has 0 amide bonds. The molecule has 100 valence electrons. The summed E-state index contributed by atoms with van der Waals surface area (Å²) in [5, 5.41) is 23.7. The number of carbonyl (C=O) groups excluding carboxylic acids is 1. The van der Waals surface area contributed by atoms with Gasteiger partial charge in [-0.2, -0.15) is 10.4 Å². The number of nitro benzene ring substituents is 1. The van der Waals surface area contributed by atoms with E-state index in [1.807, 2.05) is 6.07 Å². The zero-order valence-corrected chi connectivity index (χ0v) is 10.8. The molecule has 0 atom stereocenters. The number of hydrogen-bond donors (Lipinski definition) is 0. The van der Waals surface area contributed by atoms with E-state index in [0.717, 1.165) is 0 Å². The maximum absolute atomic E-state index is 11.6. The molecule has 0 aliphatic carbocycles. The normalized spacial score (nSPS) is 10.1. The van der Waals surface area contributed by atoms with Crippen molar-refractivity contribution >= 4 is 11.5 Å². The van der Waals surface area contributed by atoms with Crippen molar-refractivity contribution in [3.05, 3.63) is 51.3 Å². The number of aromatic nitrogens is 2. The molecule has 0 bridgehead atoms. The molecule has 7 heteroatoms. The van der Waals surface area contributed by atoms with Crippen LogP contribution in [0.3, 0.4) is 0 Å². The number of Topliss-reactive ketones (excluding diaryl/α,β-unsaturated/α-hetero) is 1. The summed E-state index contributed by atoms with van der Waals surface area (Å²) in [7, 11) is 0. The summed E-state index contributed by atoms with van der Waals surface area (Å²) in [6.45, 7) is 3.07. The predicted octanol–water partition coefficient (Wildman–Crippen LogP) is 2.16. The van der Waals surface area contributed by atoms with Crippen LogP contribution in [0.15, 0.2) is 24.3 Å². The molecule has 1 aromatic heterocycles. The minimum Gasteiger partial charge on any atom is -0.294 e. The van der Waals surface area contributed by atoms with E-state index in [9.17, 15) is 14.9 Å². The van der Waals surface area contributed by atoms with Crippen LogP contribution in [0.2, 0.25) is 0 Å². The Balaban J connectivity index is 2.72. The monoisotopic (exact) mass is 270 g/mol. The number of ketones is 1. The summed E-state index contributed by atoms with van der Waals surface area (Å²) in [5.74, 6) is -0.233. The van der Waals surface area contributed by atoms with E-state index in [1.54, 1.807) is 13.0 Å². The fraction of sp³-hybridized carbons (Fsp3) is 0.154. The summed E-state index contributed by atoms with van der Waals surface area (Å²) >= 11 is 0. The second-order valence-electron chi connectivity index (χ2n) is 4.21. The van der Waals surface area contributed by atoms with Crippen LogP contribution in [0.25, 0.3) is 5.69 Å². The molecular formula is C13H10N4O3. The second-order valence-corrected chi connectivity index (χ2v) is 4.21. The van der Waals surface area contributed by atoms with Crippen LogP contribution in [0, 0.1) is 28.4 Å². The molecule has 2 rings (SSSR count). The van der Waals surface area contributed by atoms with Crippen molar-refractivity contribution in [2.24, 2.45) is 0 Å². The number of hydrogen-bond acceptors (Lipinski definition) is 5. The third-order valence-corrected chi connectivity index (χ3v) is 2.80. The molecule has 2 aromatic rings. The van der Waals surface area contributed by atoms with Crippen molar-refractivity contribution in [1.29, 1.82) is 5.26 Å². The molecule has 0 fully saturated rings. The smallest absolute Gasteiger partial charge is 0.271 e. The van der Waals surface area contributed by atoms with Crippen molar-refractivity contribution in [1.82, 2.24) is 9.78 Å². The Morgan fingerprint density at radius 1 is 1.45 bits per heavy atom. The van der Waals surface area contributed by atoms with E-state index in [0.29, 0.717) is 16.9 Å². The first-order valence-electron chi connectivity index (χ1n) is 5.70. The van der Waals surface area contributed by atoms with E-state index >= 15 is 0 Å². The standard InChI is InChI=1S/C13H10N4O3/c1-8-5-10(7-14)15-16(8)13-6-11(17(19)20)3-4-12(13)9(2)18/h3-6H,1-2H3. The molecule has 0 spiro atoms. The average Bonchev–Trinajstić information content (AvgIpc) is 2.79. The number of nitrogens with zero attached hydrogens (tertiary/aromatic N) is 4. The molecule has 0 unspecified atom stereocenters. The average molecular weight is 270 g/mol. The van der Waals surface area contributed by atoms with Gasteiger partial charge in [0.2, 0.25) is 0 Å². The molecule has 0 aliphatic heterocycles. The minimum absolute atomic E-state index is 0.140. The van der Waals surface area contributed by atoms with Gasteiger partial charge in [-0.3, -0.25) is 14.9 Å². The van der Waals surface area contributed by atoms with E-state index in [-0.39, 0.29) is 17.2 Å². The lowest BCUT2D eigenvalue weighted by atomic mass is 10.1. The summed E-state index contributed by atoms with van der Waals surface area (Å²) < 4.78 is 1.36. The van der Waals surface area contributed by atoms with Gasteiger partial charge in [0.15, 0.2) is 11.5 Å². The Bertz CT molecular complexity index is 755. The SMILES string of the molecule is CC(=O)c1ccc([N+](=O)[O-])cc1-n1nc(C#N)cc1C. The topological polar surface area (TPSA) is 102 Å². The van der Waals surface area contributed by atoms with E-state index < -0.39 is 4.92 Å². The fourth-order valence-corrected chi connectivity index (χ4v) is 1.88. The zero-order chi connectivity index (χ0) is 14.9. The van der Waals surface area contributed by atoms with Gasteiger partial charge in [-0.15, -0.1) is 0 Å². The number of carbonyl (C=O) groups is 1. The van der Waals surface area contributed by atoms with Gasteiger partial charge in [0.25, 0.3) is 5.69 Å². The Labute approximate surface area is 114 Å². The third-order valence-electron chi connectivity index (χ3n) is 2.80. The zero-order valence-electron chi connectivity index (χ0n) is 10.8. The minimum atomic E-state index is -0.544. The Morgan fingerprint density at radius 3 is 2.65 bits per heavy atom. The number of aryl methyl sites for hydroxylation is 1. The number of benzene rings is 1. The van der Waals surface area contributed by atoms with Crippen LogP contribution in [-0.2, 0) is 0 Å². The fourth-order valence-electron chi connectivity index (χ4n) is 1.88. The molecule has 7 nitrogen and oxygen atoms in total. The van der Waals surface area contributed by atoms with Crippen LogP contribution >= 0.6 is 0 Å². The highest BCUT2D eigenvalue weighted by atomic mass is 16.6. The highest BCUT2D eigenvalue weighted by Gasteiger charge is 2.17. The van der Waals surface area contributed by atoms with Gasteiger partial charge in [-0.05, 0) is 26.0 Å². The maximum atomic E-state index is 11.6. The molecule has 0 N–H and O–H groups in total. The largest absolute Gasteiger partial charge is 0.294 e. The Kier molecular flexibility index (Phi) is 3.31. The van der Waals surface area contributed by atoms with Crippen LogP contribution < -0.4 is 0 Å². The number of nitriles is 1. The maximum Gasteiger partial charge on any atom is 0.271 e. The molecule has 20 heavy (non-hydrogen) atoms. The van der Waals surface area contributed by atoms with Crippen molar-refractivity contribution < 1.29 is 9.72 Å². The van der Waals surface area contributed by atoms with Gasteiger partial charge in [0.05, 0.1) is 10.6 Å². The molecule has 1 heterocycles. The van der Waals surface area contributed by atoms with Gasteiger partial charge in [0.1, 0.15) is 6.07 Å².